The summed E-state index contributed by atoms with van der Waals surface area (Å²) in [7, 11) is 0. The molecule has 0 aliphatic carbocycles. The molecule has 1 aliphatic heterocycles. The van der Waals surface area contributed by atoms with Gasteiger partial charge in [-0.3, -0.25) is 0 Å². The zero-order valence-corrected chi connectivity index (χ0v) is 12.7. The first kappa shape index (κ1) is 15.9. The molecule has 0 bridgehead atoms. The van der Waals surface area contributed by atoms with E-state index in [1.54, 1.807) is 0 Å². The lowest BCUT2D eigenvalue weighted by Gasteiger charge is -2.31. The Morgan fingerprint density at radius 3 is 2.56 bits per heavy atom. The van der Waals surface area contributed by atoms with Gasteiger partial charge in [-0.2, -0.15) is 0 Å². The summed E-state index contributed by atoms with van der Waals surface area (Å²) in [6, 6.07) is 0.599. The maximum absolute atomic E-state index is 5.54. The lowest BCUT2D eigenvalue weighted by atomic mass is 9.97. The number of rotatable bonds is 9. The summed E-state index contributed by atoms with van der Waals surface area (Å²) in [5, 5.41) is 3.66. The van der Waals surface area contributed by atoms with Crippen LogP contribution in [-0.2, 0) is 4.74 Å². The molecule has 1 saturated heterocycles. The van der Waals surface area contributed by atoms with Crippen LogP contribution in [0.1, 0.15) is 40.5 Å². The fraction of sp³-hybridized carbons (Fsp3) is 1.00. The summed E-state index contributed by atoms with van der Waals surface area (Å²) in [6.07, 6.45) is 2.49. The molecule has 0 spiro atoms. The molecule has 108 valence electrons. The second kappa shape index (κ2) is 8.89. The molecule has 3 atom stereocenters. The maximum Gasteiger partial charge on any atom is 0.0510 e. The van der Waals surface area contributed by atoms with Gasteiger partial charge in [-0.05, 0) is 25.4 Å². The smallest absolute Gasteiger partial charge is 0.0510 e. The van der Waals surface area contributed by atoms with Crippen molar-refractivity contribution in [2.24, 2.45) is 11.8 Å². The van der Waals surface area contributed by atoms with Gasteiger partial charge in [0.15, 0.2) is 0 Å². The summed E-state index contributed by atoms with van der Waals surface area (Å²) in [4.78, 5) is 2.60. The molecule has 0 saturated carbocycles. The topological polar surface area (TPSA) is 24.5 Å². The molecule has 0 amide bonds. The van der Waals surface area contributed by atoms with Gasteiger partial charge in [0.25, 0.3) is 0 Å². The first-order chi connectivity index (χ1) is 8.71. The third kappa shape index (κ3) is 5.25. The number of hydrogen-bond donors (Lipinski definition) is 1. The molecule has 1 heterocycles. The number of likely N-dealkylation sites (N-methyl/N-ethyl adjacent to an activating group) is 2. The highest BCUT2D eigenvalue weighted by Crippen LogP contribution is 2.18. The van der Waals surface area contributed by atoms with Gasteiger partial charge in [-0.25, -0.2) is 0 Å². The van der Waals surface area contributed by atoms with E-state index >= 15 is 0 Å². The van der Waals surface area contributed by atoms with Crippen LogP contribution in [0.25, 0.3) is 0 Å². The summed E-state index contributed by atoms with van der Waals surface area (Å²) in [5.41, 5.74) is 0. The minimum atomic E-state index is 0.599. The van der Waals surface area contributed by atoms with E-state index < -0.39 is 0 Å². The van der Waals surface area contributed by atoms with Crippen molar-refractivity contribution < 1.29 is 4.74 Å². The molecule has 0 aromatic rings. The minimum Gasteiger partial charge on any atom is -0.381 e. The van der Waals surface area contributed by atoms with E-state index in [-0.39, 0.29) is 0 Å². The highest BCUT2D eigenvalue weighted by molar-refractivity contribution is 4.82. The molecule has 1 fully saturated rings. The summed E-state index contributed by atoms with van der Waals surface area (Å²) in [6.45, 7) is 15.6. The first-order valence-electron chi connectivity index (χ1n) is 7.74. The Labute approximate surface area is 113 Å². The van der Waals surface area contributed by atoms with E-state index in [9.17, 15) is 0 Å². The van der Waals surface area contributed by atoms with Gasteiger partial charge < -0.3 is 15.0 Å². The molecular weight excluding hydrogens is 224 g/mol. The Balaban J connectivity index is 2.45. The van der Waals surface area contributed by atoms with Crippen molar-refractivity contribution in [3.63, 3.8) is 0 Å². The predicted octanol–water partition coefficient (Wildman–Crippen LogP) is 2.37. The van der Waals surface area contributed by atoms with E-state index in [1.165, 1.54) is 25.9 Å². The van der Waals surface area contributed by atoms with Crippen LogP contribution in [0.2, 0.25) is 0 Å². The zero-order valence-electron chi connectivity index (χ0n) is 12.7. The second-order valence-electron chi connectivity index (χ2n) is 5.65. The van der Waals surface area contributed by atoms with E-state index in [4.69, 9.17) is 4.74 Å². The van der Waals surface area contributed by atoms with Crippen LogP contribution in [0, 0.1) is 11.8 Å². The van der Waals surface area contributed by atoms with Crippen molar-refractivity contribution >= 4 is 0 Å². The van der Waals surface area contributed by atoms with Crippen molar-refractivity contribution in [3.05, 3.63) is 0 Å². The van der Waals surface area contributed by atoms with Crippen LogP contribution >= 0.6 is 0 Å². The minimum absolute atomic E-state index is 0.599. The van der Waals surface area contributed by atoms with Gasteiger partial charge in [0.05, 0.1) is 6.61 Å². The molecule has 0 aromatic heterocycles. The van der Waals surface area contributed by atoms with Gasteiger partial charge in [0, 0.05) is 31.7 Å². The largest absolute Gasteiger partial charge is 0.381 e. The molecule has 3 heteroatoms. The fourth-order valence-electron chi connectivity index (χ4n) is 2.69. The summed E-state index contributed by atoms with van der Waals surface area (Å²) < 4.78 is 5.54. The van der Waals surface area contributed by atoms with E-state index in [0.29, 0.717) is 12.0 Å². The van der Waals surface area contributed by atoms with Crippen LogP contribution in [0.3, 0.4) is 0 Å². The summed E-state index contributed by atoms with van der Waals surface area (Å²) >= 11 is 0. The fourth-order valence-corrected chi connectivity index (χ4v) is 2.69. The third-order valence-corrected chi connectivity index (χ3v) is 4.17. The van der Waals surface area contributed by atoms with E-state index in [0.717, 1.165) is 32.2 Å². The zero-order chi connectivity index (χ0) is 13.4. The molecule has 1 rings (SSSR count). The van der Waals surface area contributed by atoms with Crippen LogP contribution in [0.15, 0.2) is 0 Å². The molecule has 0 aromatic carbocycles. The maximum atomic E-state index is 5.54. The van der Waals surface area contributed by atoms with Crippen LogP contribution < -0.4 is 5.32 Å². The Morgan fingerprint density at radius 2 is 2.06 bits per heavy atom. The van der Waals surface area contributed by atoms with Crippen LogP contribution in [-0.4, -0.2) is 50.3 Å². The lowest BCUT2D eigenvalue weighted by Crippen LogP contribution is -2.46. The number of ether oxygens (including phenoxy) is 1. The monoisotopic (exact) mass is 256 g/mol. The molecule has 0 radical (unpaired) electrons. The molecule has 3 unspecified atom stereocenters. The Kier molecular flexibility index (Phi) is 7.87. The van der Waals surface area contributed by atoms with E-state index in [2.05, 4.69) is 37.9 Å². The summed E-state index contributed by atoms with van der Waals surface area (Å²) in [5.74, 6) is 1.50. The Morgan fingerprint density at radius 1 is 1.28 bits per heavy atom. The molecule has 3 nitrogen and oxygen atoms in total. The lowest BCUT2D eigenvalue weighted by molar-refractivity contribution is 0.157. The standard InChI is InChI=1S/C15H32N2O/c1-5-13(4)10-17(7-3)11-15(16-6-2)14-8-9-18-12-14/h13-16H,5-12H2,1-4H3. The molecule has 1 N–H and O–H groups in total. The van der Waals surface area contributed by atoms with Crippen LogP contribution in [0.5, 0.6) is 0 Å². The van der Waals surface area contributed by atoms with Gasteiger partial charge >= 0.3 is 0 Å². The average molecular weight is 256 g/mol. The number of hydrogen-bond acceptors (Lipinski definition) is 3. The highest BCUT2D eigenvalue weighted by atomic mass is 16.5. The number of nitrogens with zero attached hydrogens (tertiary/aromatic N) is 1. The van der Waals surface area contributed by atoms with Crippen molar-refractivity contribution in [1.29, 1.82) is 0 Å². The average Bonchev–Trinajstić information content (AvgIpc) is 2.90. The van der Waals surface area contributed by atoms with Crippen molar-refractivity contribution in [1.82, 2.24) is 10.2 Å². The van der Waals surface area contributed by atoms with Gasteiger partial charge in [-0.1, -0.05) is 34.1 Å². The predicted molar refractivity (Wildman–Crippen MR) is 78.0 cm³/mol. The van der Waals surface area contributed by atoms with Gasteiger partial charge in [0.2, 0.25) is 0 Å². The first-order valence-corrected chi connectivity index (χ1v) is 7.74. The Hall–Kier alpha value is -0.120. The Bertz CT molecular complexity index is 205. The SMILES string of the molecule is CCNC(CN(CC)CC(C)CC)C1CCOC1. The third-order valence-electron chi connectivity index (χ3n) is 4.17. The van der Waals surface area contributed by atoms with Crippen molar-refractivity contribution in [3.8, 4) is 0 Å². The second-order valence-corrected chi connectivity index (χ2v) is 5.65. The van der Waals surface area contributed by atoms with Crippen LogP contribution in [0.4, 0.5) is 0 Å². The van der Waals surface area contributed by atoms with Gasteiger partial charge in [0.1, 0.15) is 0 Å². The normalized spacial score (nSPS) is 23.5. The van der Waals surface area contributed by atoms with Crippen molar-refractivity contribution in [2.75, 3.05) is 39.4 Å². The molecule has 1 aliphatic rings. The molecular formula is C15H32N2O. The highest BCUT2D eigenvalue weighted by Gasteiger charge is 2.26. The van der Waals surface area contributed by atoms with Crippen molar-refractivity contribution in [2.45, 2.75) is 46.6 Å². The molecule has 18 heavy (non-hydrogen) atoms. The van der Waals surface area contributed by atoms with E-state index in [1.807, 2.05) is 0 Å². The van der Waals surface area contributed by atoms with Gasteiger partial charge in [-0.15, -0.1) is 0 Å². The quantitative estimate of drug-likeness (QED) is 0.685. The number of nitrogens with one attached hydrogen (secondary N) is 1.